The van der Waals surface area contributed by atoms with Crippen LogP contribution in [0.5, 0.6) is 0 Å². The lowest BCUT2D eigenvalue weighted by Gasteiger charge is -2.12. The summed E-state index contributed by atoms with van der Waals surface area (Å²) in [7, 11) is 0. The normalized spacial score (nSPS) is 18.7. The average molecular weight is 390 g/mol. The van der Waals surface area contributed by atoms with E-state index < -0.39 is 17.4 Å². The van der Waals surface area contributed by atoms with Crippen LogP contribution in [-0.4, -0.2) is 17.0 Å². The van der Waals surface area contributed by atoms with Crippen molar-refractivity contribution in [1.29, 1.82) is 0 Å². The number of aromatic amines is 1. The van der Waals surface area contributed by atoms with E-state index in [4.69, 9.17) is 4.74 Å². The fourth-order valence-corrected chi connectivity index (χ4v) is 3.73. The number of H-pyrrole nitrogens is 1. The van der Waals surface area contributed by atoms with Gasteiger partial charge in [0.15, 0.2) is 5.76 Å². The predicted molar refractivity (Wildman–Crippen MR) is 104 cm³/mol. The third-order valence-electron chi connectivity index (χ3n) is 5.42. The van der Waals surface area contributed by atoms with Gasteiger partial charge < -0.3 is 9.72 Å². The lowest BCUT2D eigenvalue weighted by molar-refractivity contribution is -0.116. The Labute approximate surface area is 164 Å². The highest BCUT2D eigenvalue weighted by Gasteiger charge is 2.46. The molecule has 0 unspecified atom stereocenters. The van der Waals surface area contributed by atoms with Gasteiger partial charge >= 0.3 is 6.09 Å². The first kappa shape index (κ1) is 17.4. The van der Waals surface area contributed by atoms with Gasteiger partial charge in [-0.25, -0.2) is 9.18 Å². The SMILES string of the molecule is O=C1NC(=O)/C(=C\C2(c3ccc(-c4ccc5cccc(F)c5c4)[nH]c3=O)CC2)O1. The molecule has 6 nitrogen and oxygen atoms in total. The fraction of sp³-hybridized carbons (Fsp3) is 0.136. The van der Waals surface area contributed by atoms with E-state index in [1.165, 1.54) is 6.07 Å². The number of hydrogen-bond donors (Lipinski definition) is 2. The molecule has 2 aromatic carbocycles. The molecule has 5 rings (SSSR count). The number of carbonyl (C=O) groups excluding carboxylic acids is 2. The molecule has 0 radical (unpaired) electrons. The van der Waals surface area contributed by atoms with Gasteiger partial charge in [0.05, 0.1) is 0 Å². The Morgan fingerprint density at radius 1 is 1.03 bits per heavy atom. The Bertz CT molecular complexity index is 1290. The van der Waals surface area contributed by atoms with E-state index in [0.29, 0.717) is 35.0 Å². The minimum absolute atomic E-state index is 0.0824. The van der Waals surface area contributed by atoms with Crippen LogP contribution in [0, 0.1) is 5.82 Å². The Hall–Kier alpha value is -3.74. The minimum atomic E-state index is -0.815. The number of nitrogens with one attached hydrogen (secondary N) is 2. The lowest BCUT2D eigenvalue weighted by atomic mass is 9.95. The van der Waals surface area contributed by atoms with Crippen LogP contribution in [0.2, 0.25) is 0 Å². The number of cyclic esters (lactones) is 1. The minimum Gasteiger partial charge on any atom is -0.404 e. The number of hydrogen-bond acceptors (Lipinski definition) is 4. The first-order chi connectivity index (χ1) is 13.9. The van der Waals surface area contributed by atoms with Crippen molar-refractivity contribution in [2.75, 3.05) is 0 Å². The van der Waals surface area contributed by atoms with Crippen molar-refractivity contribution < 1.29 is 18.7 Å². The summed E-state index contributed by atoms with van der Waals surface area (Å²) in [4.78, 5) is 38.6. The van der Waals surface area contributed by atoms with E-state index in [1.807, 2.05) is 17.4 Å². The summed E-state index contributed by atoms with van der Waals surface area (Å²) >= 11 is 0. The van der Waals surface area contributed by atoms with Gasteiger partial charge in [-0.3, -0.25) is 14.9 Å². The number of halogens is 1. The third-order valence-corrected chi connectivity index (χ3v) is 5.42. The van der Waals surface area contributed by atoms with Crippen LogP contribution in [0.3, 0.4) is 0 Å². The molecule has 7 heteroatoms. The molecular formula is C22H15FN2O4. The van der Waals surface area contributed by atoms with Gasteiger partial charge in [0.25, 0.3) is 11.5 Å². The van der Waals surface area contributed by atoms with E-state index >= 15 is 0 Å². The molecular weight excluding hydrogens is 375 g/mol. The zero-order valence-electron chi connectivity index (χ0n) is 15.1. The molecule has 1 aromatic heterocycles. The molecule has 2 amide bonds. The number of amides is 2. The Morgan fingerprint density at radius 2 is 1.86 bits per heavy atom. The lowest BCUT2D eigenvalue weighted by Crippen LogP contribution is -2.22. The molecule has 1 aliphatic carbocycles. The standard InChI is InChI=1S/C22H15FN2O4/c23-16-3-1-2-12-4-5-13(10-14(12)16)17-7-6-15(19(26)24-17)22(8-9-22)11-18-20(27)25-21(28)29-18/h1-7,10-11H,8-9H2,(H,24,26)(H,25,27,28)/b18-11+. The second-order valence-electron chi connectivity index (χ2n) is 7.30. The molecule has 0 spiro atoms. The van der Waals surface area contributed by atoms with E-state index in [9.17, 15) is 18.8 Å². The second kappa shape index (κ2) is 6.13. The van der Waals surface area contributed by atoms with E-state index in [1.54, 1.807) is 36.4 Å². The molecule has 1 saturated carbocycles. The molecule has 29 heavy (non-hydrogen) atoms. The summed E-state index contributed by atoms with van der Waals surface area (Å²) < 4.78 is 19.0. The summed E-state index contributed by atoms with van der Waals surface area (Å²) in [6.07, 6.45) is 2.07. The monoisotopic (exact) mass is 390 g/mol. The van der Waals surface area contributed by atoms with Crippen molar-refractivity contribution in [3.63, 3.8) is 0 Å². The van der Waals surface area contributed by atoms with Crippen molar-refractivity contribution in [2.45, 2.75) is 18.3 Å². The first-order valence-corrected chi connectivity index (χ1v) is 9.14. The highest BCUT2D eigenvalue weighted by atomic mass is 19.1. The Kier molecular flexibility index (Phi) is 3.67. The highest BCUT2D eigenvalue weighted by Crippen LogP contribution is 2.49. The van der Waals surface area contributed by atoms with Gasteiger partial charge in [0.1, 0.15) is 5.82 Å². The molecule has 2 fully saturated rings. The number of fused-ring (bicyclic) bond motifs is 1. The second-order valence-corrected chi connectivity index (χ2v) is 7.30. The Morgan fingerprint density at radius 3 is 2.55 bits per heavy atom. The van der Waals surface area contributed by atoms with Crippen LogP contribution >= 0.6 is 0 Å². The summed E-state index contributed by atoms with van der Waals surface area (Å²) in [6.45, 7) is 0. The third kappa shape index (κ3) is 2.91. The Balaban J connectivity index is 1.52. The van der Waals surface area contributed by atoms with Crippen molar-refractivity contribution in [1.82, 2.24) is 10.3 Å². The average Bonchev–Trinajstić information content (AvgIpc) is 3.40. The molecule has 3 aromatic rings. The summed E-state index contributed by atoms with van der Waals surface area (Å²) in [5.74, 6) is -1.01. The van der Waals surface area contributed by atoms with Gasteiger partial charge in [-0.2, -0.15) is 0 Å². The smallest absolute Gasteiger partial charge is 0.404 e. The number of allylic oxidation sites excluding steroid dienone is 1. The molecule has 2 aliphatic rings. The van der Waals surface area contributed by atoms with Crippen molar-refractivity contribution in [2.24, 2.45) is 0 Å². The van der Waals surface area contributed by atoms with E-state index in [0.717, 1.165) is 5.39 Å². The highest BCUT2D eigenvalue weighted by molar-refractivity contribution is 6.07. The van der Waals surface area contributed by atoms with Crippen LogP contribution in [0.1, 0.15) is 18.4 Å². The van der Waals surface area contributed by atoms with Gasteiger partial charge in [-0.1, -0.05) is 30.3 Å². The largest absolute Gasteiger partial charge is 0.419 e. The number of benzene rings is 2. The molecule has 1 saturated heterocycles. The zero-order chi connectivity index (χ0) is 20.2. The maximum Gasteiger partial charge on any atom is 0.419 e. The maximum absolute atomic E-state index is 14.1. The van der Waals surface area contributed by atoms with Gasteiger partial charge in [-0.15, -0.1) is 0 Å². The van der Waals surface area contributed by atoms with Crippen LogP contribution in [0.4, 0.5) is 9.18 Å². The van der Waals surface area contributed by atoms with Gasteiger partial charge in [-0.05, 0) is 48.1 Å². The summed E-state index contributed by atoms with van der Waals surface area (Å²) in [5, 5.41) is 3.31. The zero-order valence-corrected chi connectivity index (χ0v) is 15.1. The van der Waals surface area contributed by atoms with Crippen LogP contribution in [0.25, 0.3) is 22.0 Å². The number of aromatic nitrogens is 1. The molecule has 144 valence electrons. The first-order valence-electron chi connectivity index (χ1n) is 9.14. The predicted octanol–water partition coefficient (Wildman–Crippen LogP) is 3.52. The summed E-state index contributed by atoms with van der Waals surface area (Å²) in [5.41, 5.74) is 0.835. The fourth-order valence-electron chi connectivity index (χ4n) is 3.73. The number of rotatable bonds is 3. The number of imide groups is 1. The molecule has 0 atom stereocenters. The number of pyridine rings is 1. The quantitative estimate of drug-likeness (QED) is 0.670. The number of carbonyl (C=O) groups is 2. The van der Waals surface area contributed by atoms with Crippen molar-refractivity contribution in [3.05, 3.63) is 82.1 Å². The molecule has 0 bridgehead atoms. The van der Waals surface area contributed by atoms with E-state index in [2.05, 4.69) is 4.98 Å². The van der Waals surface area contributed by atoms with Crippen molar-refractivity contribution >= 4 is 22.8 Å². The molecule has 1 aliphatic heterocycles. The van der Waals surface area contributed by atoms with Crippen LogP contribution in [-0.2, 0) is 14.9 Å². The van der Waals surface area contributed by atoms with Crippen LogP contribution < -0.4 is 10.9 Å². The molecule has 2 heterocycles. The van der Waals surface area contributed by atoms with Crippen LogP contribution in [0.15, 0.2) is 65.2 Å². The number of ether oxygens (including phenoxy) is 1. The topological polar surface area (TPSA) is 88.3 Å². The van der Waals surface area contributed by atoms with Gasteiger partial charge in [0, 0.05) is 22.1 Å². The van der Waals surface area contributed by atoms with Crippen molar-refractivity contribution in [3.8, 4) is 11.3 Å². The molecule has 2 N–H and O–H groups in total. The van der Waals surface area contributed by atoms with Gasteiger partial charge in [0.2, 0.25) is 0 Å². The maximum atomic E-state index is 14.1. The van der Waals surface area contributed by atoms with E-state index in [-0.39, 0.29) is 17.1 Å². The summed E-state index contributed by atoms with van der Waals surface area (Å²) in [6, 6.07) is 13.7. The number of alkyl carbamates (subject to hydrolysis) is 1.